The van der Waals surface area contributed by atoms with Gasteiger partial charge >= 0.3 is 0 Å². The zero-order chi connectivity index (χ0) is 21.2. The van der Waals surface area contributed by atoms with E-state index in [4.69, 9.17) is 4.74 Å². The van der Waals surface area contributed by atoms with Gasteiger partial charge in [0.15, 0.2) is 0 Å². The maximum atomic E-state index is 5.80. The first-order chi connectivity index (χ1) is 15.3. The van der Waals surface area contributed by atoms with Gasteiger partial charge in [-0.05, 0) is 22.7 Å². The van der Waals surface area contributed by atoms with Gasteiger partial charge in [-0.3, -0.25) is 0 Å². The number of fused-ring (bicyclic) bond motifs is 1. The highest BCUT2D eigenvalue weighted by Gasteiger charge is 2.27. The Morgan fingerprint density at radius 1 is 0.645 bits per heavy atom. The topological polar surface area (TPSA) is 14.2 Å². The highest BCUT2D eigenvalue weighted by molar-refractivity contribution is 7.80. The molecule has 0 fully saturated rings. The second-order valence-corrected chi connectivity index (χ2v) is 9.61. The summed E-state index contributed by atoms with van der Waals surface area (Å²) in [4.78, 5) is 0. The Balaban J connectivity index is 1.90. The Morgan fingerprint density at radius 3 is 1.84 bits per heavy atom. The van der Waals surface area contributed by atoms with Gasteiger partial charge in [0, 0.05) is 37.0 Å². The third-order valence-electron chi connectivity index (χ3n) is 5.69. The molecule has 0 bridgehead atoms. The van der Waals surface area contributed by atoms with Crippen LogP contribution in [0.2, 0.25) is 0 Å². The molecule has 0 aliphatic heterocycles. The Morgan fingerprint density at radius 2 is 1.19 bits per heavy atom. The molecule has 0 aliphatic carbocycles. The summed E-state index contributed by atoms with van der Waals surface area (Å²) in [5.41, 5.74) is 4.96. The van der Waals surface area contributed by atoms with Crippen molar-refractivity contribution in [1.82, 2.24) is 4.57 Å². The van der Waals surface area contributed by atoms with Crippen molar-refractivity contribution in [3.63, 3.8) is 0 Å². The number of hydrogen-bond acceptors (Lipinski definition) is 1. The quantitative estimate of drug-likeness (QED) is 0.336. The number of hydrogen-bond donors (Lipinski definition) is 0. The average Bonchev–Trinajstić information content (AvgIpc) is 3.13. The van der Waals surface area contributed by atoms with Crippen LogP contribution < -0.4 is 20.8 Å². The normalized spacial score (nSPS) is 11.2. The molecule has 0 aliphatic rings. The minimum Gasteiger partial charge on any atom is -0.496 e. The molecule has 152 valence electrons. The Bertz CT molecular complexity index is 1290. The van der Waals surface area contributed by atoms with Crippen LogP contribution in [0, 0.1) is 0 Å². The second-order valence-electron chi connectivity index (χ2n) is 7.48. The van der Waals surface area contributed by atoms with Crippen molar-refractivity contribution < 1.29 is 4.74 Å². The monoisotopic (exact) mass is 421 g/mol. The third-order valence-corrected chi connectivity index (χ3v) is 8.27. The molecule has 0 atom stereocenters. The molecule has 3 heteroatoms. The molecular formula is C28H24NOP. The summed E-state index contributed by atoms with van der Waals surface area (Å²) in [5, 5.41) is 3.93. The van der Waals surface area contributed by atoms with Crippen molar-refractivity contribution in [2.45, 2.75) is 0 Å². The maximum Gasteiger partial charge on any atom is 0.126 e. The number of benzene rings is 4. The van der Waals surface area contributed by atoms with Crippen LogP contribution in [0.5, 0.6) is 5.75 Å². The van der Waals surface area contributed by atoms with Gasteiger partial charge in [0.1, 0.15) is 5.75 Å². The van der Waals surface area contributed by atoms with E-state index in [2.05, 4.69) is 109 Å². The van der Waals surface area contributed by atoms with Crippen LogP contribution in [0.3, 0.4) is 0 Å². The first-order valence-corrected chi connectivity index (χ1v) is 11.7. The van der Waals surface area contributed by atoms with Gasteiger partial charge in [0.25, 0.3) is 0 Å². The van der Waals surface area contributed by atoms with E-state index in [-0.39, 0.29) is 0 Å². The third kappa shape index (κ3) is 3.44. The maximum absolute atomic E-state index is 5.80. The highest BCUT2D eigenvalue weighted by atomic mass is 31.1. The van der Waals surface area contributed by atoms with E-state index in [1.165, 1.54) is 32.5 Å². The lowest BCUT2D eigenvalue weighted by Gasteiger charge is -2.22. The largest absolute Gasteiger partial charge is 0.496 e. The lowest BCUT2D eigenvalue weighted by Crippen LogP contribution is -2.26. The van der Waals surface area contributed by atoms with Crippen molar-refractivity contribution in [2.75, 3.05) is 7.11 Å². The first-order valence-electron chi connectivity index (χ1n) is 10.4. The van der Waals surface area contributed by atoms with E-state index in [9.17, 15) is 0 Å². The summed E-state index contributed by atoms with van der Waals surface area (Å²) in [6.07, 6.45) is 0. The molecule has 0 saturated carbocycles. The lowest BCUT2D eigenvalue weighted by atomic mass is 10.0. The van der Waals surface area contributed by atoms with Gasteiger partial charge < -0.3 is 9.30 Å². The fourth-order valence-electron chi connectivity index (χ4n) is 4.31. The molecule has 0 radical (unpaired) electrons. The molecular weight excluding hydrogens is 397 g/mol. The SMILES string of the molecule is COc1ccccc1-c1c(P(c2ccccc2)c2ccccc2)n(C)c2ccccc12. The molecule has 0 spiro atoms. The summed E-state index contributed by atoms with van der Waals surface area (Å²) in [6.45, 7) is 0. The van der Waals surface area contributed by atoms with Gasteiger partial charge in [-0.25, -0.2) is 0 Å². The average molecular weight is 421 g/mol. The zero-order valence-electron chi connectivity index (χ0n) is 17.7. The van der Waals surface area contributed by atoms with Crippen LogP contribution in [0.4, 0.5) is 0 Å². The number of ether oxygens (including phenoxy) is 1. The molecule has 5 aromatic rings. The predicted molar refractivity (Wildman–Crippen MR) is 134 cm³/mol. The van der Waals surface area contributed by atoms with Crippen molar-refractivity contribution >= 4 is 34.9 Å². The van der Waals surface area contributed by atoms with Crippen LogP contribution in [-0.4, -0.2) is 11.7 Å². The summed E-state index contributed by atoms with van der Waals surface area (Å²) < 4.78 is 8.18. The summed E-state index contributed by atoms with van der Waals surface area (Å²) in [5.74, 6) is 0.899. The summed E-state index contributed by atoms with van der Waals surface area (Å²) in [7, 11) is 3.18. The molecule has 0 unspecified atom stereocenters. The molecule has 0 saturated heterocycles. The Labute approximate surface area is 184 Å². The molecule has 31 heavy (non-hydrogen) atoms. The number of methoxy groups -OCH3 is 1. The van der Waals surface area contributed by atoms with Gasteiger partial charge in [0.2, 0.25) is 0 Å². The van der Waals surface area contributed by atoms with Crippen molar-refractivity contribution in [3.05, 3.63) is 109 Å². The van der Waals surface area contributed by atoms with E-state index < -0.39 is 7.92 Å². The van der Waals surface area contributed by atoms with E-state index in [0.29, 0.717) is 0 Å². The molecule has 0 amide bonds. The molecule has 4 aromatic carbocycles. The fourth-order valence-corrected chi connectivity index (χ4v) is 6.91. The molecule has 0 N–H and O–H groups in total. The lowest BCUT2D eigenvalue weighted by molar-refractivity contribution is 0.416. The van der Waals surface area contributed by atoms with Crippen LogP contribution >= 0.6 is 7.92 Å². The van der Waals surface area contributed by atoms with Crippen molar-refractivity contribution in [1.29, 1.82) is 0 Å². The van der Waals surface area contributed by atoms with E-state index in [1.807, 2.05) is 12.1 Å². The van der Waals surface area contributed by atoms with Gasteiger partial charge in [0.05, 0.1) is 12.5 Å². The number of aromatic nitrogens is 1. The molecule has 1 heterocycles. The Kier molecular flexibility index (Phi) is 5.32. The summed E-state index contributed by atoms with van der Waals surface area (Å²) in [6, 6.07) is 38.8. The molecule has 1 aromatic heterocycles. The summed E-state index contributed by atoms with van der Waals surface area (Å²) >= 11 is 0. The minimum absolute atomic E-state index is 0.768. The standard InChI is InChI=1S/C28H24NOP/c1-29-25-19-11-9-17-23(25)27(24-18-10-12-20-26(24)30-2)28(29)31(21-13-5-3-6-14-21)22-15-7-4-8-16-22/h3-20H,1-2H3. The van der Waals surface area contributed by atoms with Crippen LogP contribution in [0.25, 0.3) is 22.0 Å². The van der Waals surface area contributed by atoms with Crippen molar-refractivity contribution in [3.8, 4) is 16.9 Å². The number of para-hydroxylation sites is 2. The number of rotatable bonds is 5. The number of nitrogens with zero attached hydrogens (tertiary/aromatic N) is 1. The van der Waals surface area contributed by atoms with E-state index >= 15 is 0 Å². The fraction of sp³-hybridized carbons (Fsp3) is 0.0714. The Hall–Kier alpha value is -3.35. The second kappa shape index (κ2) is 8.41. The van der Waals surface area contributed by atoms with Crippen LogP contribution in [0.1, 0.15) is 0 Å². The molecule has 5 rings (SSSR count). The predicted octanol–water partition coefficient (Wildman–Crippen LogP) is 5.61. The van der Waals surface area contributed by atoms with Gasteiger partial charge in [-0.1, -0.05) is 97.1 Å². The first kappa shape index (κ1) is 19.6. The van der Waals surface area contributed by atoms with Crippen LogP contribution in [0.15, 0.2) is 109 Å². The minimum atomic E-state index is -0.768. The van der Waals surface area contributed by atoms with Crippen LogP contribution in [-0.2, 0) is 7.05 Å². The van der Waals surface area contributed by atoms with E-state index in [1.54, 1.807) is 7.11 Å². The van der Waals surface area contributed by atoms with Gasteiger partial charge in [-0.15, -0.1) is 0 Å². The van der Waals surface area contributed by atoms with Gasteiger partial charge in [-0.2, -0.15) is 0 Å². The van der Waals surface area contributed by atoms with E-state index in [0.717, 1.165) is 11.3 Å². The van der Waals surface area contributed by atoms with Crippen molar-refractivity contribution in [2.24, 2.45) is 7.05 Å². The number of aryl methyl sites for hydroxylation is 1. The molecule has 2 nitrogen and oxygen atoms in total. The zero-order valence-corrected chi connectivity index (χ0v) is 18.6. The highest BCUT2D eigenvalue weighted by Crippen LogP contribution is 2.43. The smallest absolute Gasteiger partial charge is 0.126 e.